The fraction of sp³-hybridized carbons (Fsp3) is 0.625. The Morgan fingerprint density at radius 2 is 2.00 bits per heavy atom. The second-order valence-corrected chi connectivity index (χ2v) is 1.45. The van der Waals surface area contributed by atoms with E-state index < -0.39 is 0 Å². The number of nitrogens with one attached hydrogen (secondary N) is 1. The first kappa shape index (κ1) is 11.3. The molecular formula is C8H17N. The molecule has 0 spiro atoms. The van der Waals surface area contributed by atoms with E-state index in [2.05, 4.69) is 17.6 Å². The minimum atomic E-state index is 0.400. The predicted octanol–water partition coefficient (Wildman–Crippen LogP) is 1.96. The summed E-state index contributed by atoms with van der Waals surface area (Å²) in [5.41, 5.74) is 2.68. The molecule has 0 amide bonds. The average Bonchev–Trinajstić information content (AvgIpc) is 1.93. The van der Waals surface area contributed by atoms with Crippen LogP contribution in [0, 0.1) is 0 Å². The first-order chi connectivity index (χ1) is 4.31. The van der Waals surface area contributed by atoms with E-state index >= 15 is 0 Å². The van der Waals surface area contributed by atoms with E-state index in [1.54, 1.807) is 0 Å². The normalized spacial score (nSPS) is 10.2. The molecule has 0 bridgehead atoms. The Labute approximate surface area is 58.5 Å². The molecule has 0 saturated carbocycles. The van der Waals surface area contributed by atoms with E-state index in [9.17, 15) is 0 Å². The molecule has 0 aliphatic heterocycles. The van der Waals surface area contributed by atoms with Crippen molar-refractivity contribution in [3.05, 3.63) is 18.4 Å². The lowest BCUT2D eigenvalue weighted by atomic mass is 10.3. The van der Waals surface area contributed by atoms with Crippen molar-refractivity contribution in [3.8, 4) is 0 Å². The highest BCUT2D eigenvalue weighted by molar-refractivity contribution is 4.85. The second-order valence-electron chi connectivity index (χ2n) is 1.45. The molecule has 0 aliphatic carbocycles. The maximum Gasteiger partial charge on any atom is 0.0293 e. The molecule has 1 atom stereocenters. The van der Waals surface area contributed by atoms with Crippen LogP contribution in [0.4, 0.5) is 0 Å². The maximum atomic E-state index is 3.43. The fourth-order valence-electron chi connectivity index (χ4n) is 0.260. The highest BCUT2D eigenvalue weighted by Gasteiger charge is 1.83. The Kier molecular flexibility index (Phi) is 13.1. The highest BCUT2D eigenvalue weighted by atomic mass is 14.8. The molecule has 0 radical (unpaired) electrons. The third kappa shape index (κ3) is 11.2. The number of hydrogen-bond acceptors (Lipinski definition) is 1. The zero-order valence-corrected chi connectivity index (χ0v) is 6.86. The topological polar surface area (TPSA) is 12.0 Å². The SMILES string of the molecule is C=C=CC(C)NC.CC. The third-order valence-electron chi connectivity index (χ3n) is 0.823. The van der Waals surface area contributed by atoms with Gasteiger partial charge in [-0.1, -0.05) is 20.4 Å². The van der Waals surface area contributed by atoms with Gasteiger partial charge in [-0.3, -0.25) is 0 Å². The molecule has 1 heteroatoms. The van der Waals surface area contributed by atoms with Crippen LogP contribution in [-0.4, -0.2) is 13.1 Å². The van der Waals surface area contributed by atoms with Gasteiger partial charge in [0.05, 0.1) is 0 Å². The lowest BCUT2D eigenvalue weighted by Crippen LogP contribution is -2.17. The summed E-state index contributed by atoms with van der Waals surface area (Å²) in [6, 6.07) is 0.400. The van der Waals surface area contributed by atoms with Gasteiger partial charge < -0.3 is 5.32 Å². The smallest absolute Gasteiger partial charge is 0.0293 e. The first-order valence-corrected chi connectivity index (χ1v) is 3.34. The van der Waals surface area contributed by atoms with Crippen LogP contribution in [0.1, 0.15) is 20.8 Å². The summed E-state index contributed by atoms with van der Waals surface area (Å²) in [5, 5.41) is 3.01. The lowest BCUT2D eigenvalue weighted by molar-refractivity contribution is 0.730. The van der Waals surface area contributed by atoms with Crippen LogP contribution in [-0.2, 0) is 0 Å². The monoisotopic (exact) mass is 127 g/mol. The van der Waals surface area contributed by atoms with Crippen LogP contribution in [0.5, 0.6) is 0 Å². The van der Waals surface area contributed by atoms with Gasteiger partial charge in [-0.05, 0) is 20.0 Å². The van der Waals surface area contributed by atoms with Crippen LogP contribution in [0.3, 0.4) is 0 Å². The van der Waals surface area contributed by atoms with E-state index in [-0.39, 0.29) is 0 Å². The molecule has 0 fully saturated rings. The number of hydrogen-bond donors (Lipinski definition) is 1. The largest absolute Gasteiger partial charge is 0.313 e. The molecule has 0 saturated heterocycles. The van der Waals surface area contributed by atoms with Gasteiger partial charge in [-0.2, -0.15) is 0 Å². The molecule has 0 aromatic carbocycles. The Balaban J connectivity index is 0. The zero-order valence-electron chi connectivity index (χ0n) is 6.86. The summed E-state index contributed by atoms with van der Waals surface area (Å²) in [4.78, 5) is 0. The predicted molar refractivity (Wildman–Crippen MR) is 43.6 cm³/mol. The fourth-order valence-corrected chi connectivity index (χ4v) is 0.260. The molecule has 0 aromatic rings. The minimum absolute atomic E-state index is 0.400. The molecule has 1 N–H and O–H groups in total. The van der Waals surface area contributed by atoms with Crippen LogP contribution in [0.15, 0.2) is 18.4 Å². The molecular weight excluding hydrogens is 110 g/mol. The van der Waals surface area contributed by atoms with Crippen LogP contribution in [0.2, 0.25) is 0 Å². The van der Waals surface area contributed by atoms with Crippen molar-refractivity contribution in [2.24, 2.45) is 0 Å². The summed E-state index contributed by atoms with van der Waals surface area (Å²) in [6.45, 7) is 9.47. The van der Waals surface area contributed by atoms with Crippen molar-refractivity contribution >= 4 is 0 Å². The van der Waals surface area contributed by atoms with Crippen LogP contribution in [0.25, 0.3) is 0 Å². The maximum absolute atomic E-state index is 3.43. The van der Waals surface area contributed by atoms with E-state index in [0.29, 0.717) is 6.04 Å². The molecule has 0 aliphatic rings. The molecule has 9 heavy (non-hydrogen) atoms. The second kappa shape index (κ2) is 10.5. The van der Waals surface area contributed by atoms with Crippen molar-refractivity contribution in [2.45, 2.75) is 26.8 Å². The molecule has 0 heterocycles. The van der Waals surface area contributed by atoms with E-state index in [1.807, 2.05) is 33.9 Å². The Hall–Kier alpha value is -0.520. The summed E-state index contributed by atoms with van der Waals surface area (Å²) >= 11 is 0. The van der Waals surface area contributed by atoms with Crippen molar-refractivity contribution in [1.82, 2.24) is 5.32 Å². The Morgan fingerprint density at radius 3 is 2.11 bits per heavy atom. The van der Waals surface area contributed by atoms with Gasteiger partial charge >= 0.3 is 0 Å². The molecule has 0 rings (SSSR count). The number of rotatable bonds is 2. The summed E-state index contributed by atoms with van der Waals surface area (Å²) < 4.78 is 0. The van der Waals surface area contributed by atoms with Gasteiger partial charge in [-0.25, -0.2) is 0 Å². The van der Waals surface area contributed by atoms with E-state index in [4.69, 9.17) is 0 Å². The summed E-state index contributed by atoms with van der Waals surface area (Å²) in [6.07, 6.45) is 1.88. The first-order valence-electron chi connectivity index (χ1n) is 3.34. The van der Waals surface area contributed by atoms with Gasteiger partial charge in [0.2, 0.25) is 0 Å². The van der Waals surface area contributed by atoms with Crippen molar-refractivity contribution in [2.75, 3.05) is 7.05 Å². The van der Waals surface area contributed by atoms with Gasteiger partial charge in [0.25, 0.3) is 0 Å². The van der Waals surface area contributed by atoms with Crippen molar-refractivity contribution in [1.29, 1.82) is 0 Å². The molecule has 54 valence electrons. The summed E-state index contributed by atoms with van der Waals surface area (Å²) in [5.74, 6) is 0. The highest BCUT2D eigenvalue weighted by Crippen LogP contribution is 1.76. The lowest BCUT2D eigenvalue weighted by Gasteiger charge is -1.97. The van der Waals surface area contributed by atoms with Crippen molar-refractivity contribution in [3.63, 3.8) is 0 Å². The molecule has 1 unspecified atom stereocenters. The van der Waals surface area contributed by atoms with E-state index in [1.165, 1.54) is 0 Å². The van der Waals surface area contributed by atoms with Crippen LogP contribution >= 0.6 is 0 Å². The standard InChI is InChI=1S/C6H11N.C2H6/c1-4-5-6(2)7-3;1-2/h5-7H,1H2,2-3H3;1-2H3. The quantitative estimate of drug-likeness (QED) is 0.559. The zero-order chi connectivity index (χ0) is 7.70. The molecule has 0 aromatic heterocycles. The van der Waals surface area contributed by atoms with Gasteiger partial charge in [0.15, 0.2) is 0 Å². The minimum Gasteiger partial charge on any atom is -0.313 e. The average molecular weight is 127 g/mol. The molecule has 1 nitrogen and oxygen atoms in total. The van der Waals surface area contributed by atoms with E-state index in [0.717, 1.165) is 0 Å². The number of likely N-dealkylation sites (N-methyl/N-ethyl adjacent to an activating group) is 1. The van der Waals surface area contributed by atoms with Crippen LogP contribution < -0.4 is 5.32 Å². The Bertz CT molecular complexity index is 80.6. The third-order valence-corrected chi connectivity index (χ3v) is 0.823. The van der Waals surface area contributed by atoms with Gasteiger partial charge in [0.1, 0.15) is 0 Å². The summed E-state index contributed by atoms with van der Waals surface area (Å²) in [7, 11) is 1.90. The Morgan fingerprint density at radius 1 is 1.56 bits per heavy atom. The van der Waals surface area contributed by atoms with Gasteiger partial charge in [-0.15, -0.1) is 5.73 Å². The van der Waals surface area contributed by atoms with Gasteiger partial charge in [0, 0.05) is 6.04 Å². The van der Waals surface area contributed by atoms with Crippen molar-refractivity contribution < 1.29 is 0 Å².